The van der Waals surface area contributed by atoms with Crippen LogP contribution >= 0.6 is 12.2 Å². The van der Waals surface area contributed by atoms with Crippen LogP contribution in [-0.2, 0) is 4.79 Å². The molecule has 2 bridgehead atoms. The fourth-order valence-corrected chi connectivity index (χ4v) is 5.59. The van der Waals surface area contributed by atoms with Gasteiger partial charge >= 0.3 is 0 Å². The zero-order valence-electron chi connectivity index (χ0n) is 20.5. The van der Waals surface area contributed by atoms with Crippen LogP contribution in [-0.4, -0.2) is 23.9 Å². The molecule has 0 aliphatic carbocycles. The van der Waals surface area contributed by atoms with Gasteiger partial charge in [-0.2, -0.15) is 0 Å². The standard InChI is InChI=1S/C28H29N3O3S/c1-16-9-12-19(13-10-16)31-27(35)30-24-20-7-6-8-22(33-5)25(20)34-28(31,4)23(24)26(32)29-21-14-11-17(2)15-18(21)3/h6-15,23-24H,1-5H3,(H,29,32)(H,30,35). The molecule has 6 nitrogen and oxygen atoms in total. The lowest BCUT2D eigenvalue weighted by Crippen LogP contribution is -2.72. The molecule has 3 unspecified atom stereocenters. The first-order valence-corrected chi connectivity index (χ1v) is 12.0. The van der Waals surface area contributed by atoms with Gasteiger partial charge in [0.15, 0.2) is 22.3 Å². The molecule has 3 atom stereocenters. The molecule has 35 heavy (non-hydrogen) atoms. The van der Waals surface area contributed by atoms with Crippen LogP contribution < -0.4 is 25.0 Å². The van der Waals surface area contributed by atoms with Crippen molar-refractivity contribution in [2.75, 3.05) is 17.3 Å². The second-order valence-corrected chi connectivity index (χ2v) is 9.81. The summed E-state index contributed by atoms with van der Waals surface area (Å²) in [6.07, 6.45) is 0. The van der Waals surface area contributed by atoms with E-state index in [1.807, 2.05) is 87.2 Å². The summed E-state index contributed by atoms with van der Waals surface area (Å²) >= 11 is 5.83. The normalized spacial score (nSPS) is 22.5. The summed E-state index contributed by atoms with van der Waals surface area (Å²) in [6.45, 7) is 7.99. The number of anilines is 2. The number of methoxy groups -OCH3 is 1. The van der Waals surface area contributed by atoms with Gasteiger partial charge in [-0.15, -0.1) is 0 Å². The van der Waals surface area contributed by atoms with E-state index < -0.39 is 11.6 Å². The number of nitrogens with zero attached hydrogens (tertiary/aromatic N) is 1. The monoisotopic (exact) mass is 487 g/mol. The fraction of sp³-hybridized carbons (Fsp3) is 0.286. The third kappa shape index (κ3) is 3.80. The third-order valence-electron chi connectivity index (χ3n) is 6.92. The van der Waals surface area contributed by atoms with Crippen molar-refractivity contribution in [3.05, 3.63) is 82.9 Å². The van der Waals surface area contributed by atoms with Crippen molar-refractivity contribution in [2.45, 2.75) is 39.5 Å². The summed E-state index contributed by atoms with van der Waals surface area (Å²) in [6, 6.07) is 19.4. The Labute approximate surface area is 211 Å². The van der Waals surface area contributed by atoms with Crippen LogP contribution in [0.15, 0.2) is 60.7 Å². The quantitative estimate of drug-likeness (QED) is 0.479. The van der Waals surface area contributed by atoms with E-state index >= 15 is 0 Å². The van der Waals surface area contributed by atoms with Gasteiger partial charge in [0.05, 0.1) is 13.2 Å². The van der Waals surface area contributed by atoms with Crippen LogP contribution in [0.3, 0.4) is 0 Å². The van der Waals surface area contributed by atoms with Gasteiger partial charge in [0, 0.05) is 16.9 Å². The second kappa shape index (κ2) is 8.57. The van der Waals surface area contributed by atoms with Gasteiger partial charge in [-0.05, 0) is 69.7 Å². The van der Waals surface area contributed by atoms with E-state index in [1.54, 1.807) is 7.11 Å². The number of benzene rings is 3. The Kier molecular flexibility index (Phi) is 5.68. The number of carbonyl (C=O) groups is 1. The number of nitrogens with one attached hydrogen (secondary N) is 2. The summed E-state index contributed by atoms with van der Waals surface area (Å²) in [5.74, 6) is 0.469. The number of fused-ring (bicyclic) bond motifs is 4. The SMILES string of the molecule is COc1cccc2c1OC1(C)C(C(=O)Nc3ccc(C)cc3C)C2NC(=S)N1c1ccc(C)cc1. The minimum absolute atomic E-state index is 0.148. The molecule has 1 saturated heterocycles. The zero-order chi connectivity index (χ0) is 24.9. The summed E-state index contributed by atoms with van der Waals surface area (Å²) < 4.78 is 12.3. The molecule has 0 spiro atoms. The van der Waals surface area contributed by atoms with Gasteiger partial charge in [-0.1, -0.05) is 47.5 Å². The maximum absolute atomic E-state index is 14.0. The number of hydrogen-bond donors (Lipinski definition) is 2. The van der Waals surface area contributed by atoms with Crippen LogP contribution in [0.1, 0.15) is 35.2 Å². The molecule has 1 amide bonds. The predicted molar refractivity (Wildman–Crippen MR) is 142 cm³/mol. The molecule has 0 radical (unpaired) electrons. The number of hydrogen-bond acceptors (Lipinski definition) is 4. The number of amides is 1. The van der Waals surface area contributed by atoms with Gasteiger partial charge < -0.3 is 20.1 Å². The van der Waals surface area contributed by atoms with Crippen molar-refractivity contribution < 1.29 is 14.3 Å². The molecule has 2 aliphatic rings. The van der Waals surface area contributed by atoms with Crippen molar-refractivity contribution in [3.63, 3.8) is 0 Å². The summed E-state index contributed by atoms with van der Waals surface area (Å²) in [7, 11) is 1.62. The topological polar surface area (TPSA) is 62.8 Å². The zero-order valence-corrected chi connectivity index (χ0v) is 21.3. The second-order valence-electron chi connectivity index (χ2n) is 9.42. The van der Waals surface area contributed by atoms with Crippen molar-refractivity contribution in [2.24, 2.45) is 5.92 Å². The first-order valence-electron chi connectivity index (χ1n) is 11.6. The Morgan fingerprint density at radius 2 is 1.80 bits per heavy atom. The van der Waals surface area contributed by atoms with Gasteiger partial charge in [-0.25, -0.2) is 0 Å². The molecular formula is C28H29N3O3S. The van der Waals surface area contributed by atoms with Gasteiger partial charge in [0.1, 0.15) is 5.92 Å². The van der Waals surface area contributed by atoms with Crippen molar-refractivity contribution >= 4 is 34.6 Å². The molecule has 3 aromatic rings. The maximum Gasteiger partial charge on any atom is 0.236 e. The molecule has 2 N–H and O–H groups in total. The van der Waals surface area contributed by atoms with Crippen molar-refractivity contribution in [1.82, 2.24) is 5.32 Å². The van der Waals surface area contributed by atoms with E-state index in [9.17, 15) is 4.79 Å². The summed E-state index contributed by atoms with van der Waals surface area (Å²) in [4.78, 5) is 15.9. The van der Waals surface area contributed by atoms with Crippen LogP contribution in [0.4, 0.5) is 11.4 Å². The Balaban J connectivity index is 1.64. The molecule has 180 valence electrons. The molecular weight excluding hydrogens is 458 g/mol. The Morgan fingerprint density at radius 1 is 1.09 bits per heavy atom. The van der Waals surface area contributed by atoms with E-state index in [-0.39, 0.29) is 11.9 Å². The van der Waals surface area contributed by atoms with Gasteiger partial charge in [0.25, 0.3) is 0 Å². The number of para-hydroxylation sites is 1. The highest BCUT2D eigenvalue weighted by atomic mass is 32.1. The molecule has 1 fully saturated rings. The van der Waals surface area contributed by atoms with E-state index in [1.165, 1.54) is 0 Å². The number of ether oxygens (including phenoxy) is 2. The Bertz CT molecular complexity index is 1320. The molecule has 2 aliphatic heterocycles. The van der Waals surface area contributed by atoms with Gasteiger partial charge in [0.2, 0.25) is 5.91 Å². The van der Waals surface area contributed by atoms with Crippen LogP contribution in [0.2, 0.25) is 0 Å². The lowest BCUT2D eigenvalue weighted by Gasteiger charge is -2.56. The average molecular weight is 488 g/mol. The largest absolute Gasteiger partial charge is 0.493 e. The van der Waals surface area contributed by atoms with Crippen molar-refractivity contribution in [1.29, 1.82) is 0 Å². The van der Waals surface area contributed by atoms with E-state index in [2.05, 4.69) is 16.7 Å². The first kappa shape index (κ1) is 23.2. The number of carbonyl (C=O) groups excluding carboxylic acids is 1. The smallest absolute Gasteiger partial charge is 0.236 e. The molecule has 5 rings (SSSR count). The Morgan fingerprint density at radius 3 is 2.49 bits per heavy atom. The van der Waals surface area contributed by atoms with Crippen molar-refractivity contribution in [3.8, 4) is 11.5 Å². The molecule has 0 aromatic heterocycles. The van der Waals surface area contributed by atoms with Gasteiger partial charge in [-0.3, -0.25) is 9.69 Å². The molecule has 7 heteroatoms. The van der Waals surface area contributed by atoms with Crippen LogP contribution in [0.25, 0.3) is 0 Å². The Hall–Kier alpha value is -3.58. The highest BCUT2D eigenvalue weighted by Gasteiger charge is 2.59. The van der Waals surface area contributed by atoms with Crippen LogP contribution in [0, 0.1) is 26.7 Å². The van der Waals surface area contributed by atoms with E-state index in [4.69, 9.17) is 21.7 Å². The molecule has 3 aromatic carbocycles. The summed E-state index contributed by atoms with van der Waals surface area (Å²) in [5.41, 5.74) is 4.64. The van der Waals surface area contributed by atoms with E-state index in [0.29, 0.717) is 16.6 Å². The lowest BCUT2D eigenvalue weighted by molar-refractivity contribution is -0.130. The fourth-order valence-electron chi connectivity index (χ4n) is 5.18. The third-order valence-corrected chi connectivity index (χ3v) is 7.22. The minimum atomic E-state index is -1.10. The van der Waals surface area contributed by atoms with Crippen LogP contribution in [0.5, 0.6) is 11.5 Å². The maximum atomic E-state index is 14.0. The molecule has 0 saturated carbocycles. The predicted octanol–water partition coefficient (Wildman–Crippen LogP) is 5.42. The number of aryl methyl sites for hydroxylation is 3. The number of rotatable bonds is 4. The average Bonchev–Trinajstić information content (AvgIpc) is 2.81. The minimum Gasteiger partial charge on any atom is -0.493 e. The highest BCUT2D eigenvalue weighted by molar-refractivity contribution is 7.80. The number of thiocarbonyl (C=S) groups is 1. The molecule has 2 heterocycles. The summed E-state index contributed by atoms with van der Waals surface area (Å²) in [5, 5.41) is 7.11. The first-order chi connectivity index (χ1) is 16.7. The highest BCUT2D eigenvalue weighted by Crippen LogP contribution is 2.52. The lowest BCUT2D eigenvalue weighted by atomic mass is 9.78. The van der Waals surface area contributed by atoms with E-state index in [0.717, 1.165) is 33.6 Å².